The average Bonchev–Trinajstić information content (AvgIpc) is 2.39. The molecule has 6 heteroatoms. The molecule has 0 fully saturated rings. The second-order valence-corrected chi connectivity index (χ2v) is 3.99. The molecule has 0 aliphatic heterocycles. The van der Waals surface area contributed by atoms with Crippen LogP contribution in [0.3, 0.4) is 0 Å². The molecule has 0 saturated carbocycles. The summed E-state index contributed by atoms with van der Waals surface area (Å²) in [6.45, 7) is 0.886. The maximum Gasteiger partial charge on any atom is 0.321 e. The van der Waals surface area contributed by atoms with E-state index in [1.807, 2.05) is 30.3 Å². The summed E-state index contributed by atoms with van der Waals surface area (Å²) < 4.78 is 4.78. The Morgan fingerprint density at radius 2 is 1.95 bits per heavy atom. The van der Waals surface area contributed by atoms with Crippen molar-refractivity contribution in [3.63, 3.8) is 0 Å². The number of para-hydroxylation sites is 1. The summed E-state index contributed by atoms with van der Waals surface area (Å²) in [6.07, 6.45) is 0. The number of likely N-dealkylation sites (N-methyl/N-ethyl adjacent to an activating group) is 1. The van der Waals surface area contributed by atoms with Crippen LogP contribution in [0.25, 0.3) is 0 Å². The molecular weight excluding hydrogens is 246 g/mol. The Balaban J connectivity index is 2.33. The number of carbonyl (C=O) groups excluding carboxylic acids is 2. The second-order valence-electron chi connectivity index (χ2n) is 3.99. The number of methoxy groups -OCH3 is 1. The topological polar surface area (TPSA) is 70.7 Å². The summed E-state index contributed by atoms with van der Waals surface area (Å²) in [4.78, 5) is 24.7. The highest BCUT2D eigenvalue weighted by atomic mass is 16.5. The number of amides is 3. The predicted molar refractivity (Wildman–Crippen MR) is 73.1 cm³/mol. The zero-order chi connectivity index (χ0) is 14.1. The first-order chi connectivity index (χ1) is 9.13. The molecule has 0 radical (unpaired) electrons. The number of ether oxygens (including phenoxy) is 1. The van der Waals surface area contributed by atoms with Gasteiger partial charge in [0.05, 0.1) is 13.2 Å². The van der Waals surface area contributed by atoms with Gasteiger partial charge in [-0.15, -0.1) is 0 Å². The lowest BCUT2D eigenvalue weighted by atomic mass is 10.3. The Morgan fingerprint density at radius 3 is 2.58 bits per heavy atom. The van der Waals surface area contributed by atoms with E-state index in [-0.39, 0.29) is 12.5 Å². The molecule has 0 aliphatic rings. The van der Waals surface area contributed by atoms with Crippen LogP contribution in [0.15, 0.2) is 30.3 Å². The van der Waals surface area contributed by atoms with Crippen molar-refractivity contribution in [2.75, 3.05) is 38.8 Å². The molecule has 0 aromatic heterocycles. The molecule has 0 unspecified atom stereocenters. The SMILES string of the molecule is COCCNC(=O)NC(=O)CN(C)c1ccccc1. The first-order valence-corrected chi connectivity index (χ1v) is 5.96. The molecule has 0 saturated heterocycles. The van der Waals surface area contributed by atoms with Gasteiger partial charge in [0.15, 0.2) is 0 Å². The Kier molecular flexibility index (Phi) is 6.38. The van der Waals surface area contributed by atoms with Crippen LogP contribution in [0.4, 0.5) is 10.5 Å². The van der Waals surface area contributed by atoms with Gasteiger partial charge in [0, 0.05) is 26.4 Å². The van der Waals surface area contributed by atoms with E-state index < -0.39 is 6.03 Å². The van der Waals surface area contributed by atoms with Crippen LogP contribution < -0.4 is 15.5 Å². The maximum absolute atomic E-state index is 11.6. The van der Waals surface area contributed by atoms with E-state index in [0.29, 0.717) is 13.2 Å². The molecule has 3 amide bonds. The lowest BCUT2D eigenvalue weighted by molar-refractivity contribution is -0.118. The molecule has 0 aliphatic carbocycles. The van der Waals surface area contributed by atoms with Crippen LogP contribution >= 0.6 is 0 Å². The van der Waals surface area contributed by atoms with Crippen LogP contribution in [0.1, 0.15) is 0 Å². The minimum atomic E-state index is -0.511. The molecule has 104 valence electrons. The molecule has 1 rings (SSSR count). The van der Waals surface area contributed by atoms with Gasteiger partial charge in [0.1, 0.15) is 0 Å². The summed E-state index contributed by atoms with van der Waals surface area (Å²) in [6, 6.07) is 8.96. The van der Waals surface area contributed by atoms with Crippen molar-refractivity contribution in [1.82, 2.24) is 10.6 Å². The fraction of sp³-hybridized carbons (Fsp3) is 0.385. The zero-order valence-corrected chi connectivity index (χ0v) is 11.2. The average molecular weight is 265 g/mol. The highest BCUT2D eigenvalue weighted by Crippen LogP contribution is 2.09. The third-order valence-electron chi connectivity index (χ3n) is 2.42. The number of urea groups is 1. The van der Waals surface area contributed by atoms with Crippen LogP contribution in [0.5, 0.6) is 0 Å². The number of anilines is 1. The zero-order valence-electron chi connectivity index (χ0n) is 11.2. The first kappa shape index (κ1) is 15.0. The van der Waals surface area contributed by atoms with Gasteiger partial charge in [-0.05, 0) is 12.1 Å². The van der Waals surface area contributed by atoms with Crippen molar-refractivity contribution in [3.05, 3.63) is 30.3 Å². The highest BCUT2D eigenvalue weighted by Gasteiger charge is 2.10. The lowest BCUT2D eigenvalue weighted by Gasteiger charge is -2.18. The van der Waals surface area contributed by atoms with Gasteiger partial charge >= 0.3 is 6.03 Å². The molecule has 2 N–H and O–H groups in total. The maximum atomic E-state index is 11.6. The molecule has 0 spiro atoms. The molecule has 1 aromatic rings. The van der Waals surface area contributed by atoms with Crippen molar-refractivity contribution < 1.29 is 14.3 Å². The number of carbonyl (C=O) groups is 2. The van der Waals surface area contributed by atoms with Crippen molar-refractivity contribution in [3.8, 4) is 0 Å². The predicted octanol–water partition coefficient (Wildman–Crippen LogP) is 0.595. The third-order valence-corrected chi connectivity index (χ3v) is 2.42. The lowest BCUT2D eigenvalue weighted by Crippen LogP contribution is -2.44. The summed E-state index contributed by atoms with van der Waals surface area (Å²) >= 11 is 0. The van der Waals surface area contributed by atoms with Gasteiger partial charge in [-0.2, -0.15) is 0 Å². The molecule has 19 heavy (non-hydrogen) atoms. The van der Waals surface area contributed by atoms with Gasteiger partial charge in [-0.3, -0.25) is 10.1 Å². The number of imide groups is 1. The summed E-state index contributed by atoms with van der Waals surface area (Å²) in [5.74, 6) is -0.360. The van der Waals surface area contributed by atoms with E-state index in [0.717, 1.165) is 5.69 Å². The van der Waals surface area contributed by atoms with Gasteiger partial charge in [-0.25, -0.2) is 4.79 Å². The summed E-state index contributed by atoms with van der Waals surface area (Å²) in [7, 11) is 3.33. The van der Waals surface area contributed by atoms with E-state index in [4.69, 9.17) is 4.74 Å². The quantitative estimate of drug-likeness (QED) is 0.739. The van der Waals surface area contributed by atoms with E-state index in [1.165, 1.54) is 0 Å². The Bertz CT molecular complexity index is 409. The highest BCUT2D eigenvalue weighted by molar-refractivity contribution is 5.96. The Labute approximate surface area is 112 Å². The number of nitrogens with one attached hydrogen (secondary N) is 2. The monoisotopic (exact) mass is 265 g/mol. The minimum Gasteiger partial charge on any atom is -0.383 e. The van der Waals surface area contributed by atoms with Crippen LogP contribution in [0.2, 0.25) is 0 Å². The largest absolute Gasteiger partial charge is 0.383 e. The van der Waals surface area contributed by atoms with Gasteiger partial charge in [0.2, 0.25) is 5.91 Å². The van der Waals surface area contributed by atoms with Gasteiger partial charge < -0.3 is 15.0 Å². The van der Waals surface area contributed by atoms with Gasteiger partial charge in [-0.1, -0.05) is 18.2 Å². The molecule has 6 nitrogen and oxygen atoms in total. The Hall–Kier alpha value is -2.08. The smallest absolute Gasteiger partial charge is 0.321 e. The molecule has 0 bridgehead atoms. The normalized spacial score (nSPS) is 9.79. The molecule has 0 atom stereocenters. The Morgan fingerprint density at radius 1 is 1.26 bits per heavy atom. The third kappa shape index (κ3) is 5.87. The molecule has 1 aromatic carbocycles. The number of hydrogen-bond donors (Lipinski definition) is 2. The second kappa shape index (κ2) is 8.10. The van der Waals surface area contributed by atoms with Crippen LogP contribution in [-0.4, -0.2) is 45.8 Å². The molecule has 0 heterocycles. The van der Waals surface area contributed by atoms with Crippen LogP contribution in [0, 0.1) is 0 Å². The van der Waals surface area contributed by atoms with E-state index in [2.05, 4.69) is 10.6 Å². The first-order valence-electron chi connectivity index (χ1n) is 5.96. The number of hydrogen-bond acceptors (Lipinski definition) is 4. The van der Waals surface area contributed by atoms with Crippen LogP contribution in [-0.2, 0) is 9.53 Å². The fourth-order valence-electron chi connectivity index (χ4n) is 1.47. The standard InChI is InChI=1S/C13H19N3O3/c1-16(11-6-4-3-5-7-11)10-12(17)15-13(18)14-8-9-19-2/h3-7H,8-10H2,1-2H3,(H2,14,15,17,18). The molecular formula is C13H19N3O3. The van der Waals surface area contributed by atoms with E-state index in [9.17, 15) is 9.59 Å². The summed E-state index contributed by atoms with van der Waals surface area (Å²) in [5.41, 5.74) is 0.914. The minimum absolute atomic E-state index is 0.113. The number of rotatable bonds is 6. The van der Waals surface area contributed by atoms with E-state index in [1.54, 1.807) is 19.1 Å². The van der Waals surface area contributed by atoms with Crippen molar-refractivity contribution in [2.24, 2.45) is 0 Å². The summed E-state index contributed by atoms with van der Waals surface area (Å²) in [5, 5.41) is 4.77. The van der Waals surface area contributed by atoms with Crippen molar-refractivity contribution in [2.45, 2.75) is 0 Å². The van der Waals surface area contributed by atoms with Crippen molar-refractivity contribution >= 4 is 17.6 Å². The van der Waals surface area contributed by atoms with Gasteiger partial charge in [0.25, 0.3) is 0 Å². The number of nitrogens with zero attached hydrogens (tertiary/aromatic N) is 1. The fourth-order valence-corrected chi connectivity index (χ4v) is 1.47. The van der Waals surface area contributed by atoms with E-state index >= 15 is 0 Å². The number of benzene rings is 1. The van der Waals surface area contributed by atoms with Crippen molar-refractivity contribution in [1.29, 1.82) is 0 Å².